The molecule has 2 amide bonds. The lowest BCUT2D eigenvalue weighted by atomic mass is 10.1. The maximum atomic E-state index is 11.9. The van der Waals surface area contributed by atoms with Crippen LogP contribution in [-0.2, 0) is 22.4 Å². The number of carbonyl (C=O) groups excluding carboxylic acids is 2. The largest absolute Gasteiger partial charge is 0.347 e. The van der Waals surface area contributed by atoms with E-state index in [0.717, 1.165) is 23.2 Å². The number of aryl methyl sites for hydroxylation is 2. The van der Waals surface area contributed by atoms with Gasteiger partial charge < -0.3 is 10.6 Å². The third-order valence-electron chi connectivity index (χ3n) is 3.54. The van der Waals surface area contributed by atoms with Gasteiger partial charge in [-0.15, -0.1) is 0 Å². The third-order valence-corrected chi connectivity index (χ3v) is 3.54. The Morgan fingerprint density at radius 1 is 0.957 bits per heavy atom. The fourth-order valence-corrected chi connectivity index (χ4v) is 2.28. The Labute approximate surface area is 136 Å². The average molecular weight is 310 g/mol. The Morgan fingerprint density at radius 3 is 2.35 bits per heavy atom. The van der Waals surface area contributed by atoms with Crippen LogP contribution in [0.2, 0.25) is 0 Å². The summed E-state index contributed by atoms with van der Waals surface area (Å²) >= 11 is 0. The van der Waals surface area contributed by atoms with E-state index in [2.05, 4.69) is 17.6 Å². The van der Waals surface area contributed by atoms with Crippen LogP contribution >= 0.6 is 0 Å². The first-order chi connectivity index (χ1) is 11.1. The highest BCUT2D eigenvalue weighted by Crippen LogP contribution is 2.09. The zero-order chi connectivity index (χ0) is 16.7. The van der Waals surface area contributed by atoms with Crippen molar-refractivity contribution in [2.75, 3.05) is 11.9 Å². The topological polar surface area (TPSA) is 58.2 Å². The van der Waals surface area contributed by atoms with Crippen LogP contribution in [0.3, 0.4) is 0 Å². The van der Waals surface area contributed by atoms with Crippen molar-refractivity contribution in [2.45, 2.75) is 26.7 Å². The lowest BCUT2D eigenvalue weighted by Crippen LogP contribution is -2.33. The van der Waals surface area contributed by atoms with Gasteiger partial charge in [-0.3, -0.25) is 9.59 Å². The standard InChI is InChI=1S/C19H22N2O2/c1-3-15-7-9-17(10-8-15)21-19(23)13-20-18(22)12-16-6-4-5-14(2)11-16/h4-11H,3,12-13H2,1-2H3,(H,20,22)(H,21,23). The molecule has 0 aliphatic rings. The minimum Gasteiger partial charge on any atom is -0.347 e. The van der Waals surface area contributed by atoms with E-state index in [1.54, 1.807) is 0 Å². The lowest BCUT2D eigenvalue weighted by molar-refractivity contribution is -0.123. The second-order valence-electron chi connectivity index (χ2n) is 5.54. The molecule has 2 N–H and O–H groups in total. The number of carbonyl (C=O) groups is 2. The van der Waals surface area contributed by atoms with Crippen LogP contribution in [0, 0.1) is 6.92 Å². The van der Waals surface area contributed by atoms with Crippen molar-refractivity contribution in [1.82, 2.24) is 5.32 Å². The van der Waals surface area contributed by atoms with Crippen LogP contribution < -0.4 is 10.6 Å². The SMILES string of the molecule is CCc1ccc(NC(=O)CNC(=O)Cc2cccc(C)c2)cc1. The summed E-state index contributed by atoms with van der Waals surface area (Å²) in [6, 6.07) is 15.5. The number of benzene rings is 2. The number of hydrogen-bond acceptors (Lipinski definition) is 2. The molecule has 0 saturated carbocycles. The highest BCUT2D eigenvalue weighted by atomic mass is 16.2. The molecule has 23 heavy (non-hydrogen) atoms. The molecule has 0 saturated heterocycles. The lowest BCUT2D eigenvalue weighted by Gasteiger charge is -2.08. The van der Waals surface area contributed by atoms with Gasteiger partial charge in [0.2, 0.25) is 11.8 Å². The van der Waals surface area contributed by atoms with E-state index in [4.69, 9.17) is 0 Å². The van der Waals surface area contributed by atoms with Gasteiger partial charge in [0.05, 0.1) is 13.0 Å². The normalized spacial score (nSPS) is 10.2. The minimum absolute atomic E-state index is 0.0276. The number of anilines is 1. The van der Waals surface area contributed by atoms with E-state index in [0.29, 0.717) is 0 Å². The van der Waals surface area contributed by atoms with E-state index in [1.807, 2.05) is 55.5 Å². The first kappa shape index (κ1) is 16.7. The molecule has 0 aliphatic heterocycles. The summed E-state index contributed by atoms with van der Waals surface area (Å²) < 4.78 is 0. The molecule has 0 aliphatic carbocycles. The summed E-state index contributed by atoms with van der Waals surface area (Å²) in [5, 5.41) is 5.41. The number of nitrogens with one attached hydrogen (secondary N) is 2. The smallest absolute Gasteiger partial charge is 0.243 e. The molecule has 0 spiro atoms. The number of amides is 2. The Bertz CT molecular complexity index is 678. The molecule has 2 aromatic rings. The van der Waals surface area contributed by atoms with Crippen LogP contribution in [-0.4, -0.2) is 18.4 Å². The van der Waals surface area contributed by atoms with Gasteiger partial charge in [0.25, 0.3) is 0 Å². The van der Waals surface area contributed by atoms with Crippen molar-refractivity contribution in [1.29, 1.82) is 0 Å². The van der Waals surface area contributed by atoms with Crippen molar-refractivity contribution in [3.63, 3.8) is 0 Å². The number of rotatable bonds is 6. The monoisotopic (exact) mass is 310 g/mol. The van der Waals surface area contributed by atoms with Crippen LogP contribution in [0.5, 0.6) is 0 Å². The van der Waals surface area contributed by atoms with E-state index in [9.17, 15) is 9.59 Å². The fourth-order valence-electron chi connectivity index (χ4n) is 2.28. The van der Waals surface area contributed by atoms with Gasteiger partial charge in [-0.05, 0) is 36.6 Å². The second-order valence-corrected chi connectivity index (χ2v) is 5.54. The molecule has 4 heteroatoms. The summed E-state index contributed by atoms with van der Waals surface area (Å²) in [6.07, 6.45) is 1.24. The zero-order valence-electron chi connectivity index (χ0n) is 13.6. The van der Waals surface area contributed by atoms with Crippen molar-refractivity contribution in [3.8, 4) is 0 Å². The Hall–Kier alpha value is -2.62. The second kappa shape index (κ2) is 8.13. The molecule has 0 radical (unpaired) electrons. The molecule has 0 aromatic heterocycles. The zero-order valence-corrected chi connectivity index (χ0v) is 13.6. The Kier molecular flexibility index (Phi) is 5.92. The predicted molar refractivity (Wildman–Crippen MR) is 92.3 cm³/mol. The molecule has 0 fully saturated rings. The molecule has 0 bridgehead atoms. The summed E-state index contributed by atoms with van der Waals surface area (Å²) in [5.41, 5.74) is 4.01. The molecule has 0 unspecified atom stereocenters. The van der Waals surface area contributed by atoms with Gasteiger partial charge in [0.15, 0.2) is 0 Å². The molecular weight excluding hydrogens is 288 g/mol. The quantitative estimate of drug-likeness (QED) is 0.862. The molecule has 0 heterocycles. The Morgan fingerprint density at radius 2 is 1.70 bits per heavy atom. The molecule has 2 aromatic carbocycles. The summed E-state index contributed by atoms with van der Waals surface area (Å²) in [6.45, 7) is 4.04. The van der Waals surface area contributed by atoms with Crippen LogP contribution in [0.25, 0.3) is 0 Å². The van der Waals surface area contributed by atoms with E-state index >= 15 is 0 Å². The van der Waals surface area contributed by atoms with Gasteiger partial charge in [-0.25, -0.2) is 0 Å². The van der Waals surface area contributed by atoms with Crippen LogP contribution in [0.4, 0.5) is 5.69 Å². The number of hydrogen-bond donors (Lipinski definition) is 2. The summed E-state index contributed by atoms with van der Waals surface area (Å²) in [4.78, 5) is 23.7. The van der Waals surface area contributed by atoms with E-state index in [1.165, 1.54) is 5.56 Å². The van der Waals surface area contributed by atoms with Crippen molar-refractivity contribution in [2.24, 2.45) is 0 Å². The van der Waals surface area contributed by atoms with Gasteiger partial charge in [-0.1, -0.05) is 48.9 Å². The van der Waals surface area contributed by atoms with Crippen LogP contribution in [0.15, 0.2) is 48.5 Å². The van der Waals surface area contributed by atoms with Crippen molar-refractivity contribution >= 4 is 17.5 Å². The minimum atomic E-state index is -0.230. The van der Waals surface area contributed by atoms with E-state index < -0.39 is 0 Å². The van der Waals surface area contributed by atoms with Gasteiger partial charge in [0.1, 0.15) is 0 Å². The average Bonchev–Trinajstić information content (AvgIpc) is 2.54. The molecular formula is C19H22N2O2. The highest BCUT2D eigenvalue weighted by Gasteiger charge is 2.07. The van der Waals surface area contributed by atoms with Gasteiger partial charge in [-0.2, -0.15) is 0 Å². The molecule has 120 valence electrons. The molecule has 4 nitrogen and oxygen atoms in total. The Balaban J connectivity index is 1.78. The van der Waals surface area contributed by atoms with Crippen LogP contribution in [0.1, 0.15) is 23.6 Å². The van der Waals surface area contributed by atoms with Gasteiger partial charge in [0, 0.05) is 5.69 Å². The summed E-state index contributed by atoms with van der Waals surface area (Å²) in [7, 11) is 0. The van der Waals surface area contributed by atoms with E-state index in [-0.39, 0.29) is 24.8 Å². The maximum Gasteiger partial charge on any atom is 0.243 e. The molecule has 0 atom stereocenters. The maximum absolute atomic E-state index is 11.9. The first-order valence-electron chi connectivity index (χ1n) is 7.78. The third kappa shape index (κ3) is 5.58. The first-order valence-corrected chi connectivity index (χ1v) is 7.78. The van der Waals surface area contributed by atoms with Crippen molar-refractivity contribution < 1.29 is 9.59 Å². The highest BCUT2D eigenvalue weighted by molar-refractivity contribution is 5.94. The fraction of sp³-hybridized carbons (Fsp3) is 0.263. The predicted octanol–water partition coefficient (Wildman–Crippen LogP) is 2.85. The summed E-state index contributed by atoms with van der Waals surface area (Å²) in [5.74, 6) is -0.390. The van der Waals surface area contributed by atoms with Crippen molar-refractivity contribution in [3.05, 3.63) is 65.2 Å². The van der Waals surface area contributed by atoms with Gasteiger partial charge >= 0.3 is 0 Å². The molecule has 2 rings (SSSR count).